The molecule has 0 radical (unpaired) electrons. The van der Waals surface area contributed by atoms with Crippen LogP contribution in [0.4, 0.5) is 0 Å². The maximum Gasteiger partial charge on any atom is 0.240 e. The number of nitrogens with one attached hydrogen (secondary N) is 1. The molecule has 1 unspecified atom stereocenters. The second-order valence-electron chi connectivity index (χ2n) is 4.87. The quantitative estimate of drug-likeness (QED) is 0.871. The molecular formula is C12H13ClN2O4S2. The van der Waals surface area contributed by atoms with Gasteiger partial charge in [-0.1, -0.05) is 11.6 Å². The van der Waals surface area contributed by atoms with Crippen molar-refractivity contribution in [3.8, 4) is 6.07 Å². The minimum absolute atomic E-state index is 0.00362. The van der Waals surface area contributed by atoms with Gasteiger partial charge in [0.1, 0.15) is 6.07 Å². The zero-order valence-electron chi connectivity index (χ0n) is 10.9. The van der Waals surface area contributed by atoms with Crippen LogP contribution in [0.2, 0.25) is 5.02 Å². The van der Waals surface area contributed by atoms with E-state index in [0.29, 0.717) is 6.42 Å². The minimum Gasteiger partial charge on any atom is -0.229 e. The summed E-state index contributed by atoms with van der Waals surface area (Å²) in [7, 11) is -6.81. The molecule has 114 valence electrons. The molecule has 0 bridgehead atoms. The molecule has 21 heavy (non-hydrogen) atoms. The fourth-order valence-corrected chi connectivity index (χ4v) is 5.39. The predicted octanol–water partition coefficient (Wildman–Crippen LogP) is 0.925. The van der Waals surface area contributed by atoms with Crippen molar-refractivity contribution in [1.29, 1.82) is 5.26 Å². The van der Waals surface area contributed by atoms with Crippen LogP contribution in [-0.4, -0.2) is 34.9 Å². The second-order valence-corrected chi connectivity index (χ2v) is 9.28. The van der Waals surface area contributed by atoms with E-state index in [9.17, 15) is 16.8 Å². The monoisotopic (exact) mass is 348 g/mol. The van der Waals surface area contributed by atoms with Gasteiger partial charge in [0.05, 0.1) is 27.0 Å². The molecule has 1 aliphatic heterocycles. The molecule has 1 atom stereocenters. The third-order valence-corrected chi connectivity index (χ3v) is 6.83. The number of sulfone groups is 1. The van der Waals surface area contributed by atoms with Gasteiger partial charge in [0.2, 0.25) is 10.0 Å². The number of rotatable bonds is 4. The number of halogens is 1. The van der Waals surface area contributed by atoms with Crippen molar-refractivity contribution in [2.75, 3.05) is 18.1 Å². The molecular weight excluding hydrogens is 336 g/mol. The Hall–Kier alpha value is -1.14. The van der Waals surface area contributed by atoms with Crippen molar-refractivity contribution in [3.63, 3.8) is 0 Å². The van der Waals surface area contributed by atoms with Crippen LogP contribution in [-0.2, 0) is 19.9 Å². The third-order valence-electron chi connectivity index (χ3n) is 3.26. The van der Waals surface area contributed by atoms with Gasteiger partial charge in [0.25, 0.3) is 0 Å². The van der Waals surface area contributed by atoms with Gasteiger partial charge < -0.3 is 0 Å². The summed E-state index contributed by atoms with van der Waals surface area (Å²) < 4.78 is 49.2. The smallest absolute Gasteiger partial charge is 0.229 e. The van der Waals surface area contributed by atoms with Crippen LogP contribution in [0.3, 0.4) is 0 Å². The summed E-state index contributed by atoms with van der Waals surface area (Å²) in [4.78, 5) is -0.0487. The van der Waals surface area contributed by atoms with Gasteiger partial charge in [-0.05, 0) is 30.5 Å². The van der Waals surface area contributed by atoms with Gasteiger partial charge in [-0.3, -0.25) is 0 Å². The zero-order valence-corrected chi connectivity index (χ0v) is 13.3. The van der Waals surface area contributed by atoms with Crippen LogP contribution in [0.5, 0.6) is 0 Å². The van der Waals surface area contributed by atoms with Gasteiger partial charge in [-0.2, -0.15) is 5.26 Å². The molecule has 1 aliphatic rings. The summed E-state index contributed by atoms with van der Waals surface area (Å²) in [5, 5.41) is 8.81. The number of nitriles is 1. The highest BCUT2D eigenvalue weighted by Gasteiger charge is 2.29. The molecule has 0 spiro atoms. The summed E-state index contributed by atoms with van der Waals surface area (Å²) in [6.07, 6.45) is 0.457. The van der Waals surface area contributed by atoms with E-state index in [1.807, 2.05) is 6.07 Å². The first-order valence-corrected chi connectivity index (χ1v) is 9.81. The molecule has 2 rings (SSSR count). The number of hydrogen-bond donors (Lipinski definition) is 1. The lowest BCUT2D eigenvalue weighted by atomic mass is 10.1. The first-order chi connectivity index (χ1) is 9.73. The molecule has 1 aromatic carbocycles. The highest BCUT2D eigenvalue weighted by atomic mass is 35.5. The Bertz CT molecular complexity index is 797. The Labute approximate surface area is 128 Å². The Morgan fingerprint density at radius 2 is 2.14 bits per heavy atom. The van der Waals surface area contributed by atoms with E-state index in [2.05, 4.69) is 4.72 Å². The van der Waals surface area contributed by atoms with Crippen molar-refractivity contribution >= 4 is 31.5 Å². The highest BCUT2D eigenvalue weighted by Crippen LogP contribution is 2.21. The molecule has 1 saturated heterocycles. The van der Waals surface area contributed by atoms with Crippen LogP contribution in [0.1, 0.15) is 12.0 Å². The normalized spacial score (nSPS) is 21.0. The van der Waals surface area contributed by atoms with E-state index in [1.54, 1.807) is 0 Å². The number of nitrogens with zero attached hydrogens (tertiary/aromatic N) is 1. The van der Waals surface area contributed by atoms with Gasteiger partial charge in [0, 0.05) is 6.54 Å². The molecule has 1 N–H and O–H groups in total. The van der Waals surface area contributed by atoms with E-state index < -0.39 is 19.9 Å². The summed E-state index contributed by atoms with van der Waals surface area (Å²) >= 11 is 5.81. The SMILES string of the molecule is N#Cc1ccc(S(=O)(=O)NCC2CCS(=O)(=O)C2)cc1Cl. The first kappa shape index (κ1) is 16.2. The number of hydrogen-bond acceptors (Lipinski definition) is 5. The fourth-order valence-electron chi connectivity index (χ4n) is 2.10. The third kappa shape index (κ3) is 3.95. The Morgan fingerprint density at radius 3 is 2.67 bits per heavy atom. The van der Waals surface area contributed by atoms with Crippen molar-refractivity contribution < 1.29 is 16.8 Å². The van der Waals surface area contributed by atoms with Gasteiger partial charge >= 0.3 is 0 Å². The lowest BCUT2D eigenvalue weighted by Crippen LogP contribution is -2.30. The number of benzene rings is 1. The largest absolute Gasteiger partial charge is 0.240 e. The molecule has 1 fully saturated rings. The zero-order chi connectivity index (χ0) is 15.7. The van der Waals surface area contributed by atoms with Gasteiger partial charge in [-0.25, -0.2) is 21.6 Å². The topological polar surface area (TPSA) is 104 Å². The average molecular weight is 349 g/mol. The van der Waals surface area contributed by atoms with Crippen molar-refractivity contribution in [1.82, 2.24) is 4.72 Å². The van der Waals surface area contributed by atoms with Crippen molar-refractivity contribution in [2.24, 2.45) is 5.92 Å². The Kier molecular flexibility index (Phi) is 4.58. The van der Waals surface area contributed by atoms with E-state index in [4.69, 9.17) is 16.9 Å². The molecule has 1 aromatic rings. The highest BCUT2D eigenvalue weighted by molar-refractivity contribution is 7.91. The van der Waals surface area contributed by atoms with Crippen LogP contribution < -0.4 is 4.72 Å². The summed E-state index contributed by atoms with van der Waals surface area (Å²) in [5.41, 5.74) is 0.192. The van der Waals surface area contributed by atoms with Crippen LogP contribution in [0, 0.1) is 17.2 Å². The van der Waals surface area contributed by atoms with Crippen LogP contribution in [0.25, 0.3) is 0 Å². The fraction of sp³-hybridized carbons (Fsp3) is 0.417. The Morgan fingerprint density at radius 1 is 1.43 bits per heavy atom. The molecule has 9 heteroatoms. The van der Waals surface area contributed by atoms with Crippen molar-refractivity contribution in [2.45, 2.75) is 11.3 Å². The second kappa shape index (κ2) is 5.93. The lowest BCUT2D eigenvalue weighted by molar-refractivity contribution is 0.543. The molecule has 6 nitrogen and oxygen atoms in total. The summed E-state index contributed by atoms with van der Waals surface area (Å²) in [6, 6.07) is 5.67. The number of sulfonamides is 1. The first-order valence-electron chi connectivity index (χ1n) is 6.13. The predicted molar refractivity (Wildman–Crippen MR) is 78.1 cm³/mol. The van der Waals surface area contributed by atoms with E-state index in [1.165, 1.54) is 18.2 Å². The Balaban J connectivity index is 2.09. The van der Waals surface area contributed by atoms with E-state index in [0.717, 1.165) is 0 Å². The lowest BCUT2D eigenvalue weighted by Gasteiger charge is -2.10. The standard InChI is InChI=1S/C12H13ClN2O4S2/c13-12-5-11(2-1-10(12)6-14)21(18,19)15-7-9-3-4-20(16,17)8-9/h1-2,5,9,15H,3-4,7-8H2. The minimum atomic E-state index is -3.77. The van der Waals surface area contributed by atoms with E-state index >= 15 is 0 Å². The molecule has 0 aromatic heterocycles. The van der Waals surface area contributed by atoms with Crippen molar-refractivity contribution in [3.05, 3.63) is 28.8 Å². The van der Waals surface area contributed by atoms with Gasteiger partial charge in [-0.15, -0.1) is 0 Å². The van der Waals surface area contributed by atoms with Gasteiger partial charge in [0.15, 0.2) is 9.84 Å². The molecule has 0 aliphatic carbocycles. The van der Waals surface area contributed by atoms with Crippen LogP contribution >= 0.6 is 11.6 Å². The summed E-state index contributed by atoms with van der Waals surface area (Å²) in [5.74, 6) is -0.107. The van der Waals surface area contributed by atoms with Crippen LogP contribution in [0.15, 0.2) is 23.1 Å². The molecule has 0 amide bonds. The maximum absolute atomic E-state index is 12.1. The molecule has 1 heterocycles. The van der Waals surface area contributed by atoms with E-state index in [-0.39, 0.29) is 39.4 Å². The summed E-state index contributed by atoms with van der Waals surface area (Å²) in [6.45, 7) is 0.0686. The average Bonchev–Trinajstić information content (AvgIpc) is 2.76. The maximum atomic E-state index is 12.1. The molecule has 0 saturated carbocycles.